The zero-order valence-corrected chi connectivity index (χ0v) is 13.1. The van der Waals surface area contributed by atoms with Crippen LogP contribution in [0, 0.1) is 12.3 Å². The molecule has 0 atom stereocenters. The normalized spacial score (nSPS) is 11.1. The summed E-state index contributed by atoms with van der Waals surface area (Å²) in [5.74, 6) is 0.0513. The van der Waals surface area contributed by atoms with Crippen molar-refractivity contribution in [3.63, 3.8) is 0 Å². The van der Waals surface area contributed by atoms with Gasteiger partial charge in [-0.05, 0) is 30.0 Å². The van der Waals surface area contributed by atoms with Gasteiger partial charge in [0.15, 0.2) is 17.3 Å². The average molecular weight is 294 g/mol. The minimum Gasteiger partial charge on any atom is -0.493 e. The highest BCUT2D eigenvalue weighted by atomic mass is 16.5. The lowest BCUT2D eigenvalue weighted by Gasteiger charge is -2.22. The van der Waals surface area contributed by atoms with Crippen LogP contribution in [0.15, 0.2) is 12.1 Å². The first-order valence-electron chi connectivity index (χ1n) is 6.68. The summed E-state index contributed by atoms with van der Waals surface area (Å²) in [6.07, 6.45) is 0.112. The number of ketones is 1. The number of aliphatic carboxylic acids is 1. The quantitative estimate of drug-likeness (QED) is 0.782. The number of carboxylic acid groups (broad SMARTS) is 1. The number of benzene rings is 1. The molecule has 21 heavy (non-hydrogen) atoms. The van der Waals surface area contributed by atoms with Gasteiger partial charge in [-0.3, -0.25) is 9.59 Å². The van der Waals surface area contributed by atoms with E-state index in [9.17, 15) is 9.59 Å². The van der Waals surface area contributed by atoms with Crippen molar-refractivity contribution in [3.05, 3.63) is 23.3 Å². The summed E-state index contributed by atoms with van der Waals surface area (Å²) in [5.41, 5.74) is 0.720. The number of hydrogen-bond acceptors (Lipinski definition) is 4. The first-order valence-corrected chi connectivity index (χ1v) is 6.68. The van der Waals surface area contributed by atoms with Gasteiger partial charge < -0.3 is 14.6 Å². The lowest BCUT2D eigenvalue weighted by atomic mass is 9.82. The van der Waals surface area contributed by atoms with Crippen molar-refractivity contribution in [2.75, 3.05) is 14.2 Å². The Bertz CT molecular complexity index is 546. The van der Waals surface area contributed by atoms with E-state index >= 15 is 0 Å². The SMILES string of the molecule is COc1cc(C)c(C(=O)CC(C)(C)CC(=O)O)cc1OC. The molecule has 1 N–H and O–H groups in total. The number of carbonyl (C=O) groups excluding carboxylic acids is 1. The predicted octanol–water partition coefficient (Wildman–Crippen LogP) is 3.09. The monoisotopic (exact) mass is 294 g/mol. The molecule has 1 aromatic carbocycles. The molecule has 5 heteroatoms. The van der Waals surface area contributed by atoms with Crippen LogP contribution in [0.1, 0.15) is 42.6 Å². The van der Waals surface area contributed by atoms with E-state index in [1.807, 2.05) is 6.92 Å². The molecule has 116 valence electrons. The fourth-order valence-corrected chi connectivity index (χ4v) is 2.28. The van der Waals surface area contributed by atoms with Gasteiger partial charge in [0, 0.05) is 12.0 Å². The number of methoxy groups -OCH3 is 2. The van der Waals surface area contributed by atoms with Crippen molar-refractivity contribution in [2.24, 2.45) is 5.41 Å². The summed E-state index contributed by atoms with van der Waals surface area (Å²) < 4.78 is 10.4. The molecule has 5 nitrogen and oxygen atoms in total. The zero-order chi connectivity index (χ0) is 16.2. The lowest BCUT2D eigenvalue weighted by Crippen LogP contribution is -2.21. The van der Waals surface area contributed by atoms with Gasteiger partial charge in [0.05, 0.1) is 20.6 Å². The van der Waals surface area contributed by atoms with E-state index in [2.05, 4.69) is 0 Å². The number of Topliss-reactive ketones (excluding diaryl/α,β-unsaturated/α-hetero) is 1. The molecular weight excluding hydrogens is 272 g/mol. The van der Waals surface area contributed by atoms with Gasteiger partial charge in [-0.15, -0.1) is 0 Å². The Labute approximate surface area is 124 Å². The molecule has 0 fully saturated rings. The number of carbonyl (C=O) groups is 2. The zero-order valence-electron chi connectivity index (χ0n) is 13.1. The average Bonchev–Trinajstić information content (AvgIpc) is 2.35. The second-order valence-corrected chi connectivity index (χ2v) is 5.86. The van der Waals surface area contributed by atoms with Crippen molar-refractivity contribution in [1.82, 2.24) is 0 Å². The largest absolute Gasteiger partial charge is 0.493 e. The van der Waals surface area contributed by atoms with Crippen LogP contribution in [0.4, 0.5) is 0 Å². The number of ether oxygens (including phenoxy) is 2. The summed E-state index contributed by atoms with van der Waals surface area (Å²) in [4.78, 5) is 23.3. The second kappa shape index (κ2) is 6.61. The van der Waals surface area contributed by atoms with Gasteiger partial charge in [-0.1, -0.05) is 13.8 Å². The van der Waals surface area contributed by atoms with Gasteiger partial charge in [-0.2, -0.15) is 0 Å². The highest BCUT2D eigenvalue weighted by Crippen LogP contribution is 2.33. The van der Waals surface area contributed by atoms with E-state index in [0.29, 0.717) is 17.1 Å². The van der Waals surface area contributed by atoms with Gasteiger partial charge >= 0.3 is 5.97 Å². The standard InChI is InChI=1S/C16H22O5/c1-10-6-13(20-4)14(21-5)7-11(10)12(17)8-16(2,3)9-15(18)19/h6-7H,8-9H2,1-5H3,(H,18,19). The highest BCUT2D eigenvalue weighted by molar-refractivity contribution is 5.98. The molecular formula is C16H22O5. The fraction of sp³-hybridized carbons (Fsp3) is 0.500. The number of hydrogen-bond donors (Lipinski definition) is 1. The summed E-state index contributed by atoms with van der Waals surface area (Å²) in [6, 6.07) is 3.39. The molecule has 0 aromatic heterocycles. The Morgan fingerprint density at radius 3 is 2.10 bits per heavy atom. The third-order valence-electron chi connectivity index (χ3n) is 3.30. The molecule has 0 unspecified atom stereocenters. The van der Waals surface area contributed by atoms with E-state index in [1.54, 1.807) is 26.0 Å². The molecule has 0 spiro atoms. The molecule has 0 aliphatic carbocycles. The van der Waals surface area contributed by atoms with Crippen molar-refractivity contribution < 1.29 is 24.2 Å². The number of rotatable bonds is 7. The Morgan fingerprint density at radius 1 is 1.10 bits per heavy atom. The molecule has 0 amide bonds. The number of carboxylic acids is 1. The van der Waals surface area contributed by atoms with Gasteiger partial charge in [0.2, 0.25) is 0 Å². The maximum atomic E-state index is 12.4. The molecule has 1 aromatic rings. The third kappa shape index (κ3) is 4.48. The van der Waals surface area contributed by atoms with Crippen molar-refractivity contribution in [2.45, 2.75) is 33.6 Å². The maximum absolute atomic E-state index is 12.4. The molecule has 0 bridgehead atoms. The first kappa shape index (κ1) is 17.0. The van der Waals surface area contributed by atoms with Gasteiger partial charge in [0.25, 0.3) is 0 Å². The minimum atomic E-state index is -0.906. The molecule has 0 saturated heterocycles. The summed E-state index contributed by atoms with van der Waals surface area (Å²) in [6.45, 7) is 5.36. The van der Waals surface area contributed by atoms with Gasteiger partial charge in [-0.25, -0.2) is 0 Å². The minimum absolute atomic E-state index is 0.0505. The van der Waals surface area contributed by atoms with Crippen LogP contribution in [0.5, 0.6) is 11.5 Å². The summed E-state index contributed by atoms with van der Waals surface area (Å²) in [5, 5.41) is 8.89. The molecule has 0 saturated carbocycles. The topological polar surface area (TPSA) is 72.8 Å². The van der Waals surface area contributed by atoms with E-state index in [1.165, 1.54) is 14.2 Å². The Hall–Kier alpha value is -2.04. The van der Waals surface area contributed by atoms with Crippen LogP contribution in [-0.2, 0) is 4.79 Å². The van der Waals surface area contributed by atoms with Crippen LogP contribution >= 0.6 is 0 Å². The van der Waals surface area contributed by atoms with Crippen LogP contribution in [-0.4, -0.2) is 31.1 Å². The van der Waals surface area contributed by atoms with E-state index in [-0.39, 0.29) is 18.6 Å². The Morgan fingerprint density at radius 2 is 1.62 bits per heavy atom. The maximum Gasteiger partial charge on any atom is 0.303 e. The van der Waals surface area contributed by atoms with Crippen LogP contribution < -0.4 is 9.47 Å². The molecule has 1 rings (SSSR count). The molecule has 0 heterocycles. The van der Waals surface area contributed by atoms with E-state index in [0.717, 1.165) is 5.56 Å². The fourth-order valence-electron chi connectivity index (χ4n) is 2.28. The molecule has 0 aliphatic heterocycles. The second-order valence-electron chi connectivity index (χ2n) is 5.86. The molecule has 0 aliphatic rings. The first-order chi connectivity index (χ1) is 9.70. The smallest absolute Gasteiger partial charge is 0.303 e. The summed E-state index contributed by atoms with van der Waals surface area (Å²) >= 11 is 0. The highest BCUT2D eigenvalue weighted by Gasteiger charge is 2.27. The van der Waals surface area contributed by atoms with Gasteiger partial charge in [0.1, 0.15) is 0 Å². The lowest BCUT2D eigenvalue weighted by molar-refractivity contribution is -0.139. The van der Waals surface area contributed by atoms with Crippen LogP contribution in [0.3, 0.4) is 0 Å². The summed E-state index contributed by atoms with van der Waals surface area (Å²) in [7, 11) is 3.05. The third-order valence-corrected chi connectivity index (χ3v) is 3.30. The van der Waals surface area contributed by atoms with Crippen molar-refractivity contribution in [3.8, 4) is 11.5 Å². The Balaban J connectivity index is 3.05. The molecule has 0 radical (unpaired) electrons. The van der Waals surface area contributed by atoms with Crippen LogP contribution in [0.25, 0.3) is 0 Å². The van der Waals surface area contributed by atoms with Crippen molar-refractivity contribution in [1.29, 1.82) is 0 Å². The predicted molar refractivity (Wildman–Crippen MR) is 79.3 cm³/mol. The van der Waals surface area contributed by atoms with E-state index < -0.39 is 11.4 Å². The van der Waals surface area contributed by atoms with Crippen molar-refractivity contribution >= 4 is 11.8 Å². The van der Waals surface area contributed by atoms with Crippen LogP contribution in [0.2, 0.25) is 0 Å². The Kier molecular flexibility index (Phi) is 5.35. The number of aryl methyl sites for hydroxylation is 1. The van der Waals surface area contributed by atoms with E-state index in [4.69, 9.17) is 14.6 Å².